The number of nitrogens with two attached hydrogens (primary N) is 1. The molecule has 2 N–H and O–H groups in total. The molecule has 2 aliphatic carbocycles. The maximum absolute atomic E-state index is 13.2. The van der Waals surface area contributed by atoms with Crippen LogP contribution in [0.1, 0.15) is 30.3 Å². The third-order valence-corrected chi connectivity index (χ3v) is 6.44. The van der Waals surface area contributed by atoms with Crippen LogP contribution < -0.4 is 5.73 Å². The number of imidazole rings is 1. The van der Waals surface area contributed by atoms with E-state index in [1.54, 1.807) is 11.1 Å². The van der Waals surface area contributed by atoms with Crippen LogP contribution in [0.25, 0.3) is 11.3 Å². The zero-order valence-electron chi connectivity index (χ0n) is 16.1. The molecule has 2 aromatic rings. The van der Waals surface area contributed by atoms with Crippen LogP contribution in [0.3, 0.4) is 0 Å². The number of nitrogen functional groups attached to an aromatic ring is 1. The van der Waals surface area contributed by atoms with E-state index in [0.29, 0.717) is 36.5 Å². The van der Waals surface area contributed by atoms with Crippen LogP contribution in [0.5, 0.6) is 0 Å². The Morgan fingerprint density at radius 2 is 1.87 bits per heavy atom. The van der Waals surface area contributed by atoms with Crippen LogP contribution in [0.2, 0.25) is 0 Å². The van der Waals surface area contributed by atoms with Gasteiger partial charge in [0, 0.05) is 43.5 Å². The molecular weight excluding hydrogens is 405 g/mol. The molecular formula is C20H22F5N5. The number of likely N-dealkylation sites (tertiary alicyclic amines) is 1. The molecule has 0 spiro atoms. The van der Waals surface area contributed by atoms with Crippen molar-refractivity contribution in [1.82, 2.24) is 19.4 Å². The second kappa shape index (κ2) is 6.90. The molecule has 3 aliphatic rings. The van der Waals surface area contributed by atoms with Crippen LogP contribution in [-0.4, -0.2) is 45.5 Å². The maximum Gasteiger partial charge on any atom is 0.419 e. The lowest BCUT2D eigenvalue weighted by Crippen LogP contribution is -2.30. The van der Waals surface area contributed by atoms with Crippen molar-refractivity contribution in [3.8, 4) is 11.3 Å². The number of piperidine rings is 1. The summed E-state index contributed by atoms with van der Waals surface area (Å²) < 4.78 is 67.1. The number of nitrogens with zero attached hydrogens (tertiary/aromatic N) is 4. The van der Waals surface area contributed by atoms with Gasteiger partial charge >= 0.3 is 6.18 Å². The van der Waals surface area contributed by atoms with E-state index in [1.165, 1.54) is 6.20 Å². The molecule has 2 saturated carbocycles. The number of aromatic nitrogens is 3. The Kier molecular flexibility index (Phi) is 4.53. The van der Waals surface area contributed by atoms with Gasteiger partial charge in [0.25, 0.3) is 6.43 Å². The smallest absolute Gasteiger partial charge is 0.383 e. The number of fused-ring (bicyclic) bond motifs is 1. The van der Waals surface area contributed by atoms with Crippen LogP contribution in [0, 0.1) is 17.8 Å². The molecule has 2 aromatic heterocycles. The van der Waals surface area contributed by atoms with Gasteiger partial charge in [-0.3, -0.25) is 4.90 Å². The average molecular weight is 427 g/mol. The van der Waals surface area contributed by atoms with Crippen molar-refractivity contribution < 1.29 is 22.0 Å². The lowest BCUT2D eigenvalue weighted by molar-refractivity contribution is -0.137. The summed E-state index contributed by atoms with van der Waals surface area (Å²) in [5.74, 6) is 1.44. The minimum absolute atomic E-state index is 0.178. The SMILES string of the molecule is Nc1ncc(-c2cn(C3[C@H]4CN(CC(F)F)C[C@@H]34)c(CC3CC3)n2)cc1C(F)(F)F. The molecule has 1 unspecified atom stereocenters. The molecule has 3 fully saturated rings. The fourth-order valence-electron chi connectivity index (χ4n) is 4.74. The summed E-state index contributed by atoms with van der Waals surface area (Å²) in [5.41, 5.74) is 5.17. The van der Waals surface area contributed by atoms with Gasteiger partial charge in [0.1, 0.15) is 11.6 Å². The quantitative estimate of drug-likeness (QED) is 0.712. The zero-order valence-corrected chi connectivity index (χ0v) is 16.1. The first-order chi connectivity index (χ1) is 14.2. The lowest BCUT2D eigenvalue weighted by atomic mass is 10.1. The lowest BCUT2D eigenvalue weighted by Gasteiger charge is -2.19. The van der Waals surface area contributed by atoms with E-state index < -0.39 is 24.0 Å². The van der Waals surface area contributed by atoms with Crippen molar-refractivity contribution in [1.29, 1.82) is 0 Å². The van der Waals surface area contributed by atoms with Gasteiger partial charge in [0.05, 0.1) is 17.8 Å². The van der Waals surface area contributed by atoms with Crippen molar-refractivity contribution in [3.63, 3.8) is 0 Å². The molecule has 0 radical (unpaired) electrons. The van der Waals surface area contributed by atoms with Gasteiger partial charge in [-0.2, -0.15) is 13.2 Å². The van der Waals surface area contributed by atoms with E-state index in [1.807, 2.05) is 0 Å². The minimum Gasteiger partial charge on any atom is -0.383 e. The largest absolute Gasteiger partial charge is 0.419 e. The van der Waals surface area contributed by atoms with E-state index in [9.17, 15) is 22.0 Å². The number of rotatable bonds is 6. The van der Waals surface area contributed by atoms with Gasteiger partial charge in [-0.15, -0.1) is 0 Å². The highest BCUT2D eigenvalue weighted by molar-refractivity contribution is 5.62. The second-order valence-electron chi connectivity index (χ2n) is 8.68. The number of hydrogen-bond donors (Lipinski definition) is 1. The fraction of sp³-hybridized carbons (Fsp3) is 0.600. The van der Waals surface area contributed by atoms with E-state index >= 15 is 0 Å². The Morgan fingerprint density at radius 1 is 1.17 bits per heavy atom. The third-order valence-electron chi connectivity index (χ3n) is 6.44. The summed E-state index contributed by atoms with van der Waals surface area (Å²) in [6, 6.07) is 1.17. The highest BCUT2D eigenvalue weighted by Crippen LogP contribution is 2.56. The van der Waals surface area contributed by atoms with Gasteiger partial charge in [0.15, 0.2) is 0 Å². The number of pyridine rings is 1. The second-order valence-corrected chi connectivity index (χ2v) is 8.68. The zero-order chi connectivity index (χ0) is 21.2. The maximum atomic E-state index is 13.2. The van der Waals surface area contributed by atoms with Crippen molar-refractivity contribution >= 4 is 5.82 Å². The summed E-state index contributed by atoms with van der Waals surface area (Å²) in [7, 11) is 0. The van der Waals surface area contributed by atoms with Crippen molar-refractivity contribution in [3.05, 3.63) is 29.8 Å². The molecule has 3 atom stereocenters. The number of halogens is 5. The predicted octanol–water partition coefficient (Wildman–Crippen LogP) is 3.87. The summed E-state index contributed by atoms with van der Waals surface area (Å²) in [5, 5.41) is 0. The molecule has 0 amide bonds. The molecule has 3 heterocycles. The Hall–Kier alpha value is -2.23. The average Bonchev–Trinajstić information content (AvgIpc) is 3.49. The summed E-state index contributed by atoms with van der Waals surface area (Å²) >= 11 is 0. The van der Waals surface area contributed by atoms with Gasteiger partial charge in [-0.25, -0.2) is 18.7 Å². The van der Waals surface area contributed by atoms with Crippen molar-refractivity contribution in [2.75, 3.05) is 25.4 Å². The number of anilines is 1. The fourth-order valence-corrected chi connectivity index (χ4v) is 4.74. The van der Waals surface area contributed by atoms with Crippen LogP contribution in [-0.2, 0) is 12.6 Å². The standard InChI is InChI=1S/C20H22F5N5/c21-16(22)9-29-6-12-13(7-29)18(12)30-8-15(28-17(30)3-10-1-2-10)11-4-14(20(23,24)25)19(26)27-5-11/h4-5,8,10,12-13,16,18H,1-3,6-7,9H2,(H2,26,27)/t12-,13+,18?. The predicted molar refractivity (Wildman–Crippen MR) is 99.8 cm³/mol. The number of alkyl halides is 5. The monoisotopic (exact) mass is 427 g/mol. The molecule has 30 heavy (non-hydrogen) atoms. The number of hydrogen-bond acceptors (Lipinski definition) is 4. The first-order valence-corrected chi connectivity index (χ1v) is 10.1. The topological polar surface area (TPSA) is 60.0 Å². The van der Waals surface area contributed by atoms with Gasteiger partial charge in [-0.05, 0) is 36.7 Å². The third kappa shape index (κ3) is 3.66. The van der Waals surface area contributed by atoms with Crippen LogP contribution in [0.15, 0.2) is 18.5 Å². The molecule has 5 nitrogen and oxygen atoms in total. The van der Waals surface area contributed by atoms with Crippen molar-refractivity contribution in [2.45, 2.75) is 37.9 Å². The summed E-state index contributed by atoms with van der Waals surface area (Å²) in [6.45, 7) is 1.04. The highest BCUT2D eigenvalue weighted by Gasteiger charge is 2.57. The molecule has 0 aromatic carbocycles. The summed E-state index contributed by atoms with van der Waals surface area (Å²) in [6.07, 6.45) is -0.777. The Balaban J connectivity index is 1.42. The molecule has 1 saturated heterocycles. The van der Waals surface area contributed by atoms with E-state index in [-0.39, 0.29) is 18.2 Å². The Morgan fingerprint density at radius 3 is 2.47 bits per heavy atom. The molecule has 1 aliphatic heterocycles. The highest BCUT2D eigenvalue weighted by atomic mass is 19.4. The Bertz CT molecular complexity index is 940. The molecule has 162 valence electrons. The van der Waals surface area contributed by atoms with E-state index in [2.05, 4.69) is 14.5 Å². The van der Waals surface area contributed by atoms with Gasteiger partial charge < -0.3 is 10.3 Å². The van der Waals surface area contributed by atoms with E-state index in [0.717, 1.165) is 31.2 Å². The Labute approximate surface area is 170 Å². The molecule has 5 rings (SSSR count). The van der Waals surface area contributed by atoms with Gasteiger partial charge in [-0.1, -0.05) is 0 Å². The molecule has 0 bridgehead atoms. The normalized spacial score (nSPS) is 26.4. The van der Waals surface area contributed by atoms with E-state index in [4.69, 9.17) is 5.73 Å². The first kappa shape index (κ1) is 19.7. The van der Waals surface area contributed by atoms with Crippen LogP contribution >= 0.6 is 0 Å². The summed E-state index contributed by atoms with van der Waals surface area (Å²) in [4.78, 5) is 10.2. The van der Waals surface area contributed by atoms with Gasteiger partial charge in [0.2, 0.25) is 0 Å². The van der Waals surface area contributed by atoms with Crippen molar-refractivity contribution in [2.24, 2.45) is 17.8 Å². The molecule has 10 heteroatoms. The minimum atomic E-state index is -4.59. The van der Waals surface area contributed by atoms with Crippen LogP contribution in [0.4, 0.5) is 27.8 Å². The first-order valence-electron chi connectivity index (χ1n) is 10.1.